The van der Waals surface area contributed by atoms with E-state index in [0.717, 1.165) is 0 Å². The third-order valence-electron chi connectivity index (χ3n) is 2.26. The second-order valence-corrected chi connectivity index (χ2v) is 5.08. The number of aryl methyl sites for hydroxylation is 1. The topological polar surface area (TPSA) is 96.8 Å². The normalized spacial score (nSPS) is 10.8. The van der Waals surface area contributed by atoms with Crippen molar-refractivity contribution in [2.45, 2.75) is 33.3 Å². The van der Waals surface area contributed by atoms with E-state index in [4.69, 9.17) is 4.74 Å². The molecule has 1 N–H and O–H groups in total. The Morgan fingerprint density at radius 1 is 1.40 bits per heavy atom. The summed E-state index contributed by atoms with van der Waals surface area (Å²) in [6.45, 7) is 6.41. The van der Waals surface area contributed by atoms with Crippen LogP contribution in [0.2, 0.25) is 0 Å². The molecule has 0 spiro atoms. The average molecular weight is 280 g/mol. The molecule has 0 aliphatic carbocycles. The van der Waals surface area contributed by atoms with Gasteiger partial charge in [0.25, 0.3) is 0 Å². The summed E-state index contributed by atoms with van der Waals surface area (Å²) in [6.07, 6.45) is -0.872. The van der Waals surface area contributed by atoms with Gasteiger partial charge in [-0.1, -0.05) is 0 Å². The molecule has 0 radical (unpaired) electrons. The molecule has 0 saturated carbocycles. The van der Waals surface area contributed by atoms with E-state index in [9.17, 15) is 19.5 Å². The van der Waals surface area contributed by atoms with Gasteiger partial charge >= 0.3 is 12.2 Å². The standard InChI is InChI=1S/C13H16N2O5/c1-8-5-6-14-9(7-16)10(8)15(11(17)18)12(19)20-13(2,3)4/h5-7H,1-4H3,(H,17,18). The number of amides is 2. The van der Waals surface area contributed by atoms with E-state index in [1.165, 1.54) is 12.3 Å². The molecule has 7 heteroatoms. The molecular weight excluding hydrogens is 264 g/mol. The van der Waals surface area contributed by atoms with Crippen LogP contribution in [0, 0.1) is 6.92 Å². The zero-order valence-corrected chi connectivity index (χ0v) is 11.7. The maximum Gasteiger partial charge on any atom is 0.424 e. The maximum absolute atomic E-state index is 12.0. The van der Waals surface area contributed by atoms with Crippen molar-refractivity contribution in [3.63, 3.8) is 0 Å². The first-order chi connectivity index (χ1) is 9.17. The molecule has 0 saturated heterocycles. The minimum absolute atomic E-state index is 0.0933. The molecule has 108 valence electrons. The highest BCUT2D eigenvalue weighted by atomic mass is 16.6. The number of aldehydes is 1. The van der Waals surface area contributed by atoms with Crippen molar-refractivity contribution in [3.8, 4) is 0 Å². The van der Waals surface area contributed by atoms with Gasteiger partial charge in [0.2, 0.25) is 0 Å². The Morgan fingerprint density at radius 3 is 2.45 bits per heavy atom. The number of carbonyl (C=O) groups is 3. The first-order valence-electron chi connectivity index (χ1n) is 5.84. The minimum Gasteiger partial charge on any atom is -0.464 e. The lowest BCUT2D eigenvalue weighted by Gasteiger charge is -2.25. The number of imide groups is 1. The summed E-state index contributed by atoms with van der Waals surface area (Å²) < 4.78 is 5.03. The molecule has 1 heterocycles. The van der Waals surface area contributed by atoms with Gasteiger partial charge in [0.15, 0.2) is 6.29 Å². The van der Waals surface area contributed by atoms with Crippen LogP contribution >= 0.6 is 0 Å². The average Bonchev–Trinajstić information content (AvgIpc) is 2.28. The molecule has 1 aromatic rings. The van der Waals surface area contributed by atoms with Crippen LogP contribution in [-0.4, -0.2) is 34.2 Å². The Morgan fingerprint density at radius 2 is 2.00 bits per heavy atom. The molecule has 7 nitrogen and oxygen atoms in total. The number of pyridine rings is 1. The van der Waals surface area contributed by atoms with Crippen molar-refractivity contribution < 1.29 is 24.2 Å². The van der Waals surface area contributed by atoms with Crippen molar-refractivity contribution in [1.82, 2.24) is 4.98 Å². The molecule has 1 aromatic heterocycles. The molecule has 2 amide bonds. The minimum atomic E-state index is -1.54. The second kappa shape index (κ2) is 5.68. The number of hydrogen-bond donors (Lipinski definition) is 1. The SMILES string of the molecule is Cc1ccnc(C=O)c1N(C(=O)O)C(=O)OC(C)(C)C. The number of carbonyl (C=O) groups excluding carboxylic acids is 2. The molecule has 0 aromatic carbocycles. The summed E-state index contributed by atoms with van der Waals surface area (Å²) in [5.74, 6) is 0. The molecular formula is C13H16N2O5. The van der Waals surface area contributed by atoms with Crippen molar-refractivity contribution in [2.24, 2.45) is 0 Å². The van der Waals surface area contributed by atoms with Gasteiger partial charge < -0.3 is 9.84 Å². The highest BCUT2D eigenvalue weighted by Gasteiger charge is 2.31. The van der Waals surface area contributed by atoms with Gasteiger partial charge in [0.1, 0.15) is 11.3 Å². The van der Waals surface area contributed by atoms with Gasteiger partial charge in [0.05, 0.1) is 5.69 Å². The van der Waals surface area contributed by atoms with Crippen LogP contribution in [0.3, 0.4) is 0 Å². The molecule has 0 aliphatic rings. The number of aromatic nitrogens is 1. The zero-order valence-electron chi connectivity index (χ0n) is 11.7. The number of hydrogen-bond acceptors (Lipinski definition) is 5. The first kappa shape index (κ1) is 15.6. The van der Waals surface area contributed by atoms with Gasteiger partial charge in [-0.2, -0.15) is 4.90 Å². The van der Waals surface area contributed by atoms with E-state index in [2.05, 4.69) is 4.98 Å². The van der Waals surface area contributed by atoms with Gasteiger partial charge in [-0.25, -0.2) is 9.59 Å². The molecule has 0 aliphatic heterocycles. The highest BCUT2D eigenvalue weighted by molar-refractivity contribution is 6.11. The van der Waals surface area contributed by atoms with Crippen LogP contribution in [-0.2, 0) is 4.74 Å². The number of rotatable bonds is 2. The Hall–Kier alpha value is -2.44. The highest BCUT2D eigenvalue weighted by Crippen LogP contribution is 2.24. The van der Waals surface area contributed by atoms with Crippen molar-refractivity contribution in [2.75, 3.05) is 4.90 Å². The molecule has 1 rings (SSSR count). The fraction of sp³-hybridized carbons (Fsp3) is 0.385. The number of nitrogens with zero attached hydrogens (tertiary/aromatic N) is 2. The van der Waals surface area contributed by atoms with Crippen LogP contribution in [0.25, 0.3) is 0 Å². The van der Waals surface area contributed by atoms with Crippen LogP contribution in [0.1, 0.15) is 36.8 Å². The Labute approximate surface area is 116 Å². The fourth-order valence-corrected chi connectivity index (χ4v) is 1.52. The summed E-state index contributed by atoms with van der Waals surface area (Å²) in [5, 5.41) is 9.22. The first-order valence-corrected chi connectivity index (χ1v) is 5.84. The van der Waals surface area contributed by atoms with E-state index >= 15 is 0 Å². The van der Waals surface area contributed by atoms with Gasteiger partial charge in [-0.3, -0.25) is 9.78 Å². The Kier molecular flexibility index (Phi) is 4.44. The summed E-state index contributed by atoms with van der Waals surface area (Å²) >= 11 is 0. The van der Waals surface area contributed by atoms with E-state index in [1.807, 2.05) is 0 Å². The third kappa shape index (κ3) is 3.53. The molecule has 0 bridgehead atoms. The number of ether oxygens (including phenoxy) is 1. The summed E-state index contributed by atoms with van der Waals surface area (Å²) in [4.78, 5) is 38.5. The van der Waals surface area contributed by atoms with Crippen molar-refractivity contribution >= 4 is 24.2 Å². The summed E-state index contributed by atoms with van der Waals surface area (Å²) in [5.41, 5.74) is -0.666. The van der Waals surface area contributed by atoms with Gasteiger partial charge in [0, 0.05) is 6.20 Å². The number of anilines is 1. The lowest BCUT2D eigenvalue weighted by atomic mass is 10.2. The third-order valence-corrected chi connectivity index (χ3v) is 2.26. The molecule has 0 fully saturated rings. The smallest absolute Gasteiger partial charge is 0.424 e. The lowest BCUT2D eigenvalue weighted by molar-refractivity contribution is 0.0581. The Bertz CT molecular complexity index is 548. The lowest BCUT2D eigenvalue weighted by Crippen LogP contribution is -2.41. The van der Waals surface area contributed by atoms with Crippen molar-refractivity contribution in [1.29, 1.82) is 0 Å². The van der Waals surface area contributed by atoms with Gasteiger partial charge in [-0.15, -0.1) is 0 Å². The van der Waals surface area contributed by atoms with E-state index in [0.29, 0.717) is 16.7 Å². The van der Waals surface area contributed by atoms with Crippen LogP contribution < -0.4 is 4.90 Å². The maximum atomic E-state index is 12.0. The largest absolute Gasteiger partial charge is 0.464 e. The predicted octanol–water partition coefficient (Wildman–Crippen LogP) is 2.62. The van der Waals surface area contributed by atoms with E-state index in [1.54, 1.807) is 27.7 Å². The van der Waals surface area contributed by atoms with Crippen LogP contribution in [0.4, 0.5) is 15.3 Å². The molecule has 20 heavy (non-hydrogen) atoms. The quantitative estimate of drug-likeness (QED) is 0.836. The summed E-state index contributed by atoms with van der Waals surface area (Å²) in [6, 6.07) is 1.50. The van der Waals surface area contributed by atoms with Crippen LogP contribution in [0.5, 0.6) is 0 Å². The number of carboxylic acid groups (broad SMARTS) is 1. The molecule has 0 unspecified atom stereocenters. The van der Waals surface area contributed by atoms with E-state index < -0.39 is 17.8 Å². The molecule has 0 atom stereocenters. The van der Waals surface area contributed by atoms with Gasteiger partial charge in [-0.05, 0) is 39.3 Å². The Balaban J connectivity index is 3.32. The fourth-order valence-electron chi connectivity index (χ4n) is 1.52. The summed E-state index contributed by atoms with van der Waals surface area (Å²) in [7, 11) is 0. The second-order valence-electron chi connectivity index (χ2n) is 5.08. The monoisotopic (exact) mass is 280 g/mol. The predicted molar refractivity (Wildman–Crippen MR) is 71.1 cm³/mol. The zero-order chi connectivity index (χ0) is 15.5. The van der Waals surface area contributed by atoms with E-state index in [-0.39, 0.29) is 11.4 Å². The van der Waals surface area contributed by atoms with Crippen molar-refractivity contribution in [3.05, 3.63) is 23.5 Å². The van der Waals surface area contributed by atoms with Crippen LogP contribution in [0.15, 0.2) is 12.3 Å².